The number of aliphatic carboxylic acids is 1. The van der Waals surface area contributed by atoms with E-state index in [1.165, 1.54) is 23.5 Å². The highest BCUT2D eigenvalue weighted by atomic mass is 32.1. The Balaban J connectivity index is 2.16. The molecule has 5 heteroatoms. The van der Waals surface area contributed by atoms with E-state index in [2.05, 4.69) is 4.98 Å². The van der Waals surface area contributed by atoms with E-state index in [1.54, 1.807) is 23.6 Å². The van der Waals surface area contributed by atoms with Crippen LogP contribution in [0.4, 0.5) is 4.39 Å². The van der Waals surface area contributed by atoms with Crippen molar-refractivity contribution in [1.82, 2.24) is 4.98 Å². The van der Waals surface area contributed by atoms with Crippen molar-refractivity contribution in [3.05, 3.63) is 52.6 Å². The molecule has 0 aliphatic carbocycles. The second kappa shape index (κ2) is 5.55. The van der Waals surface area contributed by atoms with Gasteiger partial charge in [0.15, 0.2) is 0 Å². The molecule has 0 spiro atoms. The summed E-state index contributed by atoms with van der Waals surface area (Å²) in [7, 11) is 0. The Hall–Kier alpha value is -2.01. The number of halogens is 1. The van der Waals surface area contributed by atoms with Crippen LogP contribution < -0.4 is 0 Å². The zero-order valence-electron chi connectivity index (χ0n) is 9.34. The topological polar surface area (TPSA) is 50.2 Å². The van der Waals surface area contributed by atoms with Crippen molar-refractivity contribution >= 4 is 17.3 Å². The van der Waals surface area contributed by atoms with Gasteiger partial charge in [0.05, 0.1) is 10.7 Å². The molecular weight excluding hydrogens is 253 g/mol. The highest BCUT2D eigenvalue weighted by molar-refractivity contribution is 7.10. The van der Waals surface area contributed by atoms with Crippen LogP contribution in [0, 0.1) is 5.82 Å². The van der Waals surface area contributed by atoms with E-state index in [4.69, 9.17) is 5.11 Å². The minimum Gasteiger partial charge on any atom is -0.478 e. The minimum absolute atomic E-state index is 0.310. The Morgan fingerprint density at radius 3 is 2.94 bits per heavy atom. The molecular formula is C13H10FNO2S. The molecule has 1 aromatic carbocycles. The highest BCUT2D eigenvalue weighted by Crippen LogP contribution is 2.24. The van der Waals surface area contributed by atoms with Gasteiger partial charge in [0.2, 0.25) is 0 Å². The van der Waals surface area contributed by atoms with Gasteiger partial charge in [0.1, 0.15) is 5.82 Å². The maximum absolute atomic E-state index is 13.5. The number of hydrogen-bond donors (Lipinski definition) is 1. The number of allylic oxidation sites excluding steroid dienone is 1. The van der Waals surface area contributed by atoms with Crippen LogP contribution in [0.25, 0.3) is 11.3 Å². The molecule has 1 heterocycles. The lowest BCUT2D eigenvalue weighted by Gasteiger charge is -1.97. The zero-order valence-corrected chi connectivity index (χ0v) is 10.2. The molecule has 1 aromatic heterocycles. The van der Waals surface area contributed by atoms with Crippen molar-refractivity contribution in [2.24, 2.45) is 0 Å². The lowest BCUT2D eigenvalue weighted by atomic mass is 10.1. The lowest BCUT2D eigenvalue weighted by molar-refractivity contribution is -0.131. The highest BCUT2D eigenvalue weighted by Gasteiger charge is 2.07. The molecule has 0 saturated carbocycles. The smallest absolute Gasteiger partial charge is 0.327 e. The lowest BCUT2D eigenvalue weighted by Crippen LogP contribution is -1.88. The zero-order chi connectivity index (χ0) is 13.0. The van der Waals surface area contributed by atoms with Crippen LogP contribution >= 0.6 is 11.3 Å². The third kappa shape index (κ3) is 3.01. The second-order valence-electron chi connectivity index (χ2n) is 3.55. The molecule has 0 unspecified atom stereocenters. The summed E-state index contributed by atoms with van der Waals surface area (Å²) in [6, 6.07) is 6.43. The van der Waals surface area contributed by atoms with Crippen molar-refractivity contribution in [3.63, 3.8) is 0 Å². The van der Waals surface area contributed by atoms with Crippen LogP contribution in [0.3, 0.4) is 0 Å². The van der Waals surface area contributed by atoms with Gasteiger partial charge in [0.25, 0.3) is 0 Å². The van der Waals surface area contributed by atoms with Crippen molar-refractivity contribution in [2.75, 3.05) is 0 Å². The van der Waals surface area contributed by atoms with E-state index in [-0.39, 0.29) is 5.82 Å². The van der Waals surface area contributed by atoms with Crippen molar-refractivity contribution < 1.29 is 14.3 Å². The molecule has 0 atom stereocenters. The summed E-state index contributed by atoms with van der Waals surface area (Å²) >= 11 is 1.38. The Morgan fingerprint density at radius 1 is 1.44 bits per heavy atom. The Labute approximate surface area is 107 Å². The van der Waals surface area contributed by atoms with Gasteiger partial charge in [-0.25, -0.2) is 14.2 Å². The standard InChI is InChI=1S/C13H10FNO2S/c14-10-5-2-1-4-9(10)11-8-18-12(15-11)6-3-7-13(16)17/h1-5,7-8H,6H2,(H,16,17)/b7-3+. The summed E-state index contributed by atoms with van der Waals surface area (Å²) in [5.41, 5.74) is 1.04. The predicted molar refractivity (Wildman–Crippen MR) is 68.0 cm³/mol. The number of rotatable bonds is 4. The monoisotopic (exact) mass is 263 g/mol. The average molecular weight is 263 g/mol. The maximum Gasteiger partial charge on any atom is 0.327 e. The van der Waals surface area contributed by atoms with E-state index in [0.29, 0.717) is 17.7 Å². The number of thiazole rings is 1. The molecule has 2 aromatic rings. The summed E-state index contributed by atoms with van der Waals surface area (Å²) in [5, 5.41) is 11.0. The molecule has 0 amide bonds. The fourth-order valence-electron chi connectivity index (χ4n) is 1.46. The van der Waals surface area contributed by atoms with Gasteiger partial charge in [-0.3, -0.25) is 0 Å². The van der Waals surface area contributed by atoms with Crippen LogP contribution in [-0.2, 0) is 11.2 Å². The van der Waals surface area contributed by atoms with Crippen LogP contribution in [0.1, 0.15) is 5.01 Å². The van der Waals surface area contributed by atoms with Gasteiger partial charge < -0.3 is 5.11 Å². The van der Waals surface area contributed by atoms with Crippen LogP contribution in [0.15, 0.2) is 41.8 Å². The van der Waals surface area contributed by atoms with Gasteiger partial charge in [-0.15, -0.1) is 11.3 Å². The Kier molecular flexibility index (Phi) is 3.84. The number of aromatic nitrogens is 1. The van der Waals surface area contributed by atoms with Crippen molar-refractivity contribution in [3.8, 4) is 11.3 Å². The molecule has 3 nitrogen and oxygen atoms in total. The van der Waals surface area contributed by atoms with E-state index in [1.807, 2.05) is 0 Å². The quantitative estimate of drug-likeness (QED) is 0.862. The predicted octanol–water partition coefficient (Wildman–Crippen LogP) is 3.13. The van der Waals surface area contributed by atoms with E-state index in [9.17, 15) is 9.18 Å². The maximum atomic E-state index is 13.5. The Morgan fingerprint density at radius 2 is 2.22 bits per heavy atom. The van der Waals surface area contributed by atoms with Crippen LogP contribution in [0.5, 0.6) is 0 Å². The molecule has 1 N–H and O–H groups in total. The molecule has 92 valence electrons. The molecule has 0 aliphatic heterocycles. The first-order chi connectivity index (χ1) is 8.66. The normalized spacial score (nSPS) is 10.9. The summed E-state index contributed by atoms with van der Waals surface area (Å²) in [5.74, 6) is -1.30. The van der Waals surface area contributed by atoms with Gasteiger partial charge in [-0.2, -0.15) is 0 Å². The van der Waals surface area contributed by atoms with E-state index < -0.39 is 5.97 Å². The van der Waals surface area contributed by atoms with E-state index in [0.717, 1.165) is 11.1 Å². The summed E-state index contributed by atoms with van der Waals surface area (Å²) in [6.07, 6.45) is 3.03. The largest absolute Gasteiger partial charge is 0.478 e. The van der Waals surface area contributed by atoms with Crippen LogP contribution in [0.2, 0.25) is 0 Å². The minimum atomic E-state index is -0.985. The first kappa shape index (κ1) is 12.4. The third-order valence-electron chi connectivity index (χ3n) is 2.25. The summed E-state index contributed by atoms with van der Waals surface area (Å²) in [6.45, 7) is 0. The number of nitrogens with zero attached hydrogens (tertiary/aromatic N) is 1. The number of carboxylic acid groups (broad SMARTS) is 1. The number of carboxylic acids is 1. The van der Waals surface area contributed by atoms with Gasteiger partial charge in [-0.1, -0.05) is 18.2 Å². The number of benzene rings is 1. The van der Waals surface area contributed by atoms with E-state index >= 15 is 0 Å². The van der Waals surface area contributed by atoms with Crippen molar-refractivity contribution in [1.29, 1.82) is 0 Å². The van der Waals surface area contributed by atoms with Gasteiger partial charge >= 0.3 is 5.97 Å². The third-order valence-corrected chi connectivity index (χ3v) is 3.13. The summed E-state index contributed by atoms with van der Waals surface area (Å²) < 4.78 is 13.5. The van der Waals surface area contributed by atoms with Gasteiger partial charge in [-0.05, 0) is 12.1 Å². The molecule has 0 fully saturated rings. The molecule has 0 saturated heterocycles. The fraction of sp³-hybridized carbons (Fsp3) is 0.0769. The molecule has 0 aliphatic rings. The summed E-state index contributed by atoms with van der Waals surface area (Å²) in [4.78, 5) is 14.6. The second-order valence-corrected chi connectivity index (χ2v) is 4.49. The molecule has 0 bridgehead atoms. The SMILES string of the molecule is O=C(O)/C=C/Cc1nc(-c2ccccc2F)cs1. The molecule has 2 rings (SSSR count). The molecule has 18 heavy (non-hydrogen) atoms. The molecule has 0 radical (unpaired) electrons. The van der Waals surface area contributed by atoms with Crippen LogP contribution in [-0.4, -0.2) is 16.1 Å². The first-order valence-electron chi connectivity index (χ1n) is 5.25. The average Bonchev–Trinajstić information content (AvgIpc) is 2.78. The van der Waals surface area contributed by atoms with Crippen molar-refractivity contribution in [2.45, 2.75) is 6.42 Å². The first-order valence-corrected chi connectivity index (χ1v) is 6.13. The van der Waals surface area contributed by atoms with Gasteiger partial charge in [0, 0.05) is 23.4 Å². The fourth-order valence-corrected chi connectivity index (χ4v) is 2.23. The number of hydrogen-bond acceptors (Lipinski definition) is 3. The Bertz CT molecular complexity index is 592. The number of carbonyl (C=O) groups is 1.